The first kappa shape index (κ1) is 20.9. The quantitative estimate of drug-likeness (QED) is 0.717. The summed E-state index contributed by atoms with van der Waals surface area (Å²) in [5, 5.41) is 0. The monoisotopic (exact) mass is 396 g/mol. The molecule has 1 saturated heterocycles. The highest BCUT2D eigenvalue weighted by Crippen LogP contribution is 2.13. The molecule has 2 atom stereocenters. The maximum Gasteiger partial charge on any atom is 0.274 e. The number of morpholine rings is 1. The lowest BCUT2D eigenvalue weighted by Gasteiger charge is -2.35. The van der Waals surface area contributed by atoms with Crippen LogP contribution in [0.5, 0.6) is 0 Å². The van der Waals surface area contributed by atoms with Gasteiger partial charge in [-0.25, -0.2) is 4.98 Å². The summed E-state index contributed by atoms with van der Waals surface area (Å²) in [4.78, 5) is 37.3. The molecule has 0 aliphatic carbocycles. The summed E-state index contributed by atoms with van der Waals surface area (Å²) in [6.07, 6.45) is 5.55. The Labute approximate surface area is 171 Å². The molecule has 2 amide bonds. The molecule has 0 spiro atoms. The third-order valence-electron chi connectivity index (χ3n) is 4.95. The minimum atomic E-state index is -0.203. The number of aromatic nitrogens is 2. The van der Waals surface area contributed by atoms with Crippen molar-refractivity contribution in [3.05, 3.63) is 60.2 Å². The zero-order valence-electron chi connectivity index (χ0n) is 17.0. The molecule has 1 aliphatic rings. The second-order valence-corrected chi connectivity index (χ2v) is 7.42. The van der Waals surface area contributed by atoms with E-state index in [1.54, 1.807) is 4.90 Å². The van der Waals surface area contributed by atoms with E-state index in [0.29, 0.717) is 38.3 Å². The molecule has 2 heterocycles. The van der Waals surface area contributed by atoms with E-state index in [4.69, 9.17) is 4.74 Å². The fraction of sp³-hybridized carbons (Fsp3) is 0.455. The van der Waals surface area contributed by atoms with Gasteiger partial charge in [0.15, 0.2) is 0 Å². The zero-order chi connectivity index (χ0) is 20.6. The first-order valence-electron chi connectivity index (χ1n) is 10.1. The van der Waals surface area contributed by atoms with Crippen LogP contribution in [-0.2, 0) is 16.0 Å². The van der Waals surface area contributed by atoms with E-state index in [-0.39, 0.29) is 30.4 Å². The van der Waals surface area contributed by atoms with Crippen molar-refractivity contribution in [2.45, 2.75) is 38.9 Å². The van der Waals surface area contributed by atoms with Crippen molar-refractivity contribution >= 4 is 11.8 Å². The predicted molar refractivity (Wildman–Crippen MR) is 109 cm³/mol. The van der Waals surface area contributed by atoms with Gasteiger partial charge >= 0.3 is 0 Å². The first-order valence-corrected chi connectivity index (χ1v) is 10.1. The fourth-order valence-electron chi connectivity index (χ4n) is 3.57. The van der Waals surface area contributed by atoms with Gasteiger partial charge < -0.3 is 14.5 Å². The van der Waals surface area contributed by atoms with Crippen molar-refractivity contribution in [3.8, 4) is 0 Å². The fourth-order valence-corrected chi connectivity index (χ4v) is 3.57. The predicted octanol–water partition coefficient (Wildman–Crippen LogP) is 2.19. The van der Waals surface area contributed by atoms with Gasteiger partial charge in [-0.05, 0) is 25.8 Å². The second kappa shape index (κ2) is 10.1. The van der Waals surface area contributed by atoms with E-state index in [9.17, 15) is 9.59 Å². The largest absolute Gasteiger partial charge is 0.372 e. The van der Waals surface area contributed by atoms with Gasteiger partial charge in [0.25, 0.3) is 5.91 Å². The topological polar surface area (TPSA) is 75.6 Å². The van der Waals surface area contributed by atoms with Crippen LogP contribution in [0, 0.1) is 0 Å². The third kappa shape index (κ3) is 6.09. The van der Waals surface area contributed by atoms with Crippen molar-refractivity contribution in [1.82, 2.24) is 19.8 Å². The maximum atomic E-state index is 12.9. The van der Waals surface area contributed by atoms with E-state index in [2.05, 4.69) is 9.97 Å². The number of nitrogens with zero attached hydrogens (tertiary/aromatic N) is 4. The Morgan fingerprint density at radius 1 is 1.10 bits per heavy atom. The maximum absolute atomic E-state index is 12.9. The smallest absolute Gasteiger partial charge is 0.274 e. The average molecular weight is 396 g/mol. The number of carbonyl (C=O) groups excluding carboxylic acids is 2. The Morgan fingerprint density at radius 2 is 1.83 bits per heavy atom. The third-order valence-corrected chi connectivity index (χ3v) is 4.95. The molecule has 0 N–H and O–H groups in total. The van der Waals surface area contributed by atoms with Gasteiger partial charge in [0, 0.05) is 45.0 Å². The van der Waals surface area contributed by atoms with Crippen molar-refractivity contribution < 1.29 is 14.3 Å². The van der Waals surface area contributed by atoms with E-state index < -0.39 is 0 Å². The van der Waals surface area contributed by atoms with Gasteiger partial charge in [-0.2, -0.15) is 0 Å². The molecular formula is C22H28N4O3. The molecule has 1 aliphatic heterocycles. The first-order chi connectivity index (χ1) is 14.0. The summed E-state index contributed by atoms with van der Waals surface area (Å²) >= 11 is 0. The Hall–Kier alpha value is -2.80. The molecule has 0 saturated carbocycles. The highest BCUT2D eigenvalue weighted by molar-refractivity contribution is 5.92. The van der Waals surface area contributed by atoms with Gasteiger partial charge in [0.1, 0.15) is 5.69 Å². The van der Waals surface area contributed by atoms with Gasteiger partial charge in [-0.3, -0.25) is 14.6 Å². The summed E-state index contributed by atoms with van der Waals surface area (Å²) in [7, 11) is 0. The molecule has 154 valence electrons. The number of ether oxygens (including phenoxy) is 1. The lowest BCUT2D eigenvalue weighted by molar-refractivity contribution is -0.143. The summed E-state index contributed by atoms with van der Waals surface area (Å²) < 4.78 is 5.70. The van der Waals surface area contributed by atoms with E-state index >= 15 is 0 Å². The number of benzene rings is 1. The highest BCUT2D eigenvalue weighted by atomic mass is 16.5. The molecule has 0 bridgehead atoms. The van der Waals surface area contributed by atoms with Crippen LogP contribution in [0.4, 0.5) is 0 Å². The van der Waals surface area contributed by atoms with Crippen LogP contribution in [-0.4, -0.2) is 70.0 Å². The minimum absolute atomic E-state index is 0.0260. The Balaban J connectivity index is 1.64. The van der Waals surface area contributed by atoms with Crippen molar-refractivity contribution in [1.29, 1.82) is 0 Å². The molecule has 2 aromatic rings. The van der Waals surface area contributed by atoms with Gasteiger partial charge in [-0.1, -0.05) is 30.3 Å². The Kier molecular flexibility index (Phi) is 7.30. The summed E-state index contributed by atoms with van der Waals surface area (Å²) in [5.41, 5.74) is 1.44. The molecule has 29 heavy (non-hydrogen) atoms. The molecule has 7 heteroatoms. The van der Waals surface area contributed by atoms with Crippen LogP contribution in [0.15, 0.2) is 48.9 Å². The Morgan fingerprint density at radius 3 is 2.48 bits per heavy atom. The normalized spacial score (nSPS) is 19.0. The molecule has 3 rings (SSSR count). The number of carbonyl (C=O) groups is 2. The van der Waals surface area contributed by atoms with E-state index in [0.717, 1.165) is 5.56 Å². The van der Waals surface area contributed by atoms with Crippen molar-refractivity contribution in [2.24, 2.45) is 0 Å². The van der Waals surface area contributed by atoms with Crippen LogP contribution in [0.3, 0.4) is 0 Å². The van der Waals surface area contributed by atoms with Crippen LogP contribution in [0.1, 0.15) is 36.3 Å². The number of amides is 2. The van der Waals surface area contributed by atoms with Gasteiger partial charge in [0.2, 0.25) is 5.91 Å². The van der Waals surface area contributed by atoms with Crippen LogP contribution in [0.2, 0.25) is 0 Å². The SMILES string of the molecule is C[C@@H]1CN(C(=O)CCN(CCc2ccccc2)C(=O)c2cnccn2)C[C@H](C)O1. The highest BCUT2D eigenvalue weighted by Gasteiger charge is 2.26. The molecule has 7 nitrogen and oxygen atoms in total. The molecule has 0 radical (unpaired) electrons. The molecule has 1 aromatic carbocycles. The van der Waals surface area contributed by atoms with Gasteiger partial charge in [-0.15, -0.1) is 0 Å². The van der Waals surface area contributed by atoms with E-state index in [1.807, 2.05) is 49.1 Å². The molecule has 1 aromatic heterocycles. The second-order valence-electron chi connectivity index (χ2n) is 7.42. The van der Waals surface area contributed by atoms with Gasteiger partial charge in [0.05, 0.1) is 18.4 Å². The standard InChI is InChI=1S/C22H28N4O3/c1-17-15-26(16-18(2)29-17)21(27)9-13-25(12-8-19-6-4-3-5-7-19)22(28)20-14-23-10-11-24-20/h3-7,10-11,14,17-18H,8-9,12-13,15-16H2,1-2H3/t17-,18+. The van der Waals surface area contributed by atoms with Crippen molar-refractivity contribution in [3.63, 3.8) is 0 Å². The summed E-state index contributed by atoms with van der Waals surface area (Å²) in [6, 6.07) is 10.00. The molecule has 0 unspecified atom stereocenters. The van der Waals surface area contributed by atoms with Crippen LogP contribution >= 0.6 is 0 Å². The lowest BCUT2D eigenvalue weighted by Crippen LogP contribution is -2.49. The zero-order valence-corrected chi connectivity index (χ0v) is 17.0. The number of hydrogen-bond acceptors (Lipinski definition) is 5. The van der Waals surface area contributed by atoms with Crippen LogP contribution in [0.25, 0.3) is 0 Å². The summed E-state index contributed by atoms with van der Waals surface area (Å²) in [5.74, 6) is -0.158. The average Bonchev–Trinajstić information content (AvgIpc) is 2.74. The lowest BCUT2D eigenvalue weighted by atomic mass is 10.1. The molecule has 1 fully saturated rings. The van der Waals surface area contributed by atoms with E-state index in [1.165, 1.54) is 18.6 Å². The van der Waals surface area contributed by atoms with Crippen molar-refractivity contribution in [2.75, 3.05) is 26.2 Å². The number of rotatable bonds is 7. The minimum Gasteiger partial charge on any atom is -0.372 e. The van der Waals surface area contributed by atoms with Crippen LogP contribution < -0.4 is 0 Å². The Bertz CT molecular complexity index is 790. The molecular weight excluding hydrogens is 368 g/mol. The summed E-state index contributed by atoms with van der Waals surface area (Å²) in [6.45, 7) is 5.99. The number of hydrogen-bond donors (Lipinski definition) is 0.